The molecule has 20 nitrogen and oxygen atoms in total. The minimum atomic E-state index is -5.63. The van der Waals surface area contributed by atoms with Crippen molar-refractivity contribution in [1.82, 2.24) is 6.15 Å². The van der Waals surface area contributed by atoms with E-state index in [1.165, 1.54) is 44.9 Å². The summed E-state index contributed by atoms with van der Waals surface area (Å²) in [5.74, 6) is 26.3. The van der Waals surface area contributed by atoms with Crippen molar-refractivity contribution < 1.29 is 106 Å². The maximum atomic E-state index is 13.0. The van der Waals surface area contributed by atoms with E-state index in [1.54, 1.807) is 6.92 Å². The molecule has 0 aromatic heterocycles. The largest absolute Gasteiger partial charge is 0.472 e. The zero-order valence-electron chi connectivity index (χ0n) is 34.5. The number of rotatable bonds is 26. The van der Waals surface area contributed by atoms with Gasteiger partial charge < -0.3 is 55.4 Å². The number of carbonyl (C=O) groups excluding carboxylic acids is 2. The molecule has 368 valence electrons. The number of carbonyl (C=O) groups is 2. The van der Waals surface area contributed by atoms with Crippen molar-refractivity contribution in [3.05, 3.63) is 0 Å². The number of aliphatic hydroxyl groups is 3. The summed E-state index contributed by atoms with van der Waals surface area (Å²) in [4.78, 5) is 72.3. The van der Waals surface area contributed by atoms with Gasteiger partial charge in [-0.25, -0.2) is 18.5 Å². The number of aliphatic hydroxyl groups excluding tert-OH is 3. The van der Waals surface area contributed by atoms with Crippen LogP contribution in [0.5, 0.6) is 0 Å². The molecular formula is C39H78NO19P3. The molecule has 4 unspecified atom stereocenters. The van der Waals surface area contributed by atoms with Crippen molar-refractivity contribution in [2.45, 2.75) is 146 Å². The van der Waals surface area contributed by atoms with E-state index in [0.29, 0.717) is 12.8 Å². The molecule has 0 radical (unpaired) electrons. The number of hydrogen-bond acceptors (Lipinski definition) is 15. The van der Waals surface area contributed by atoms with Crippen LogP contribution in [-0.4, -0.2) is 108 Å². The lowest BCUT2D eigenvalue weighted by Crippen LogP contribution is -2.65. The minimum Gasteiger partial charge on any atom is -0.456 e. The van der Waals surface area contributed by atoms with Crippen LogP contribution < -0.4 is 6.15 Å². The Kier molecular flexibility index (Phi) is 30.3. The van der Waals surface area contributed by atoms with Crippen LogP contribution in [0.3, 0.4) is 0 Å². The van der Waals surface area contributed by atoms with Gasteiger partial charge in [0.15, 0.2) is 6.10 Å². The molecule has 62 heavy (non-hydrogen) atoms. The Morgan fingerprint density at radius 3 is 1.47 bits per heavy atom. The summed E-state index contributed by atoms with van der Waals surface area (Å²) in [6.45, 7) is 1.99. The van der Waals surface area contributed by atoms with E-state index in [-0.39, 0.29) is 28.3 Å². The van der Waals surface area contributed by atoms with Gasteiger partial charge in [0, 0.05) is 28.0 Å². The van der Waals surface area contributed by atoms with Crippen LogP contribution in [0.25, 0.3) is 0 Å². The van der Waals surface area contributed by atoms with E-state index in [9.17, 15) is 63.1 Å². The van der Waals surface area contributed by atoms with E-state index in [4.69, 9.17) is 18.5 Å². The summed E-state index contributed by atoms with van der Waals surface area (Å²) >= 11 is 0. The second-order valence-corrected chi connectivity index (χ2v) is 17.0. The van der Waals surface area contributed by atoms with Crippen molar-refractivity contribution in [2.24, 2.45) is 0 Å². The molecule has 0 bridgehead atoms. The molecule has 1 saturated carbocycles. The first-order valence-electron chi connectivity index (χ1n) is 19.3. The zero-order valence-corrected chi connectivity index (χ0v) is 37.2. The lowest BCUT2D eigenvalue weighted by molar-refractivity contribution is -0.213. The number of phosphoric ester groups is 3. The number of ether oxygens (including phenoxy) is 2. The van der Waals surface area contributed by atoms with Crippen LogP contribution in [0.1, 0.15) is 119 Å². The van der Waals surface area contributed by atoms with Crippen molar-refractivity contribution in [2.75, 3.05) is 13.2 Å². The normalized spacial score (nSPS) is 20.5. The molecule has 0 spiro atoms. The van der Waals surface area contributed by atoms with Gasteiger partial charge in [-0.05, 0) is 72.5 Å². The van der Waals surface area contributed by atoms with Crippen LogP contribution in [0, 0.1) is 71.0 Å². The number of hydrogen-bond donors (Lipinski definition) is 9. The van der Waals surface area contributed by atoms with E-state index in [1.807, 2.05) is 5.92 Å². The standard InChI is InChI=1S/C39H53O19P3.H3N.11H2/c1-3-5-7-9-11-13-15-16-18-20-22-24-26-28-33(41)55-31(29-53-32(40)27-25-23-21-19-17-14-12-10-8-6-4-2)30-54-61(51,52)58-37-34(42)35(43)38(56-59(45,46)47)39(36(37)44)57-60(48,49)50;;;;;;;;;;;;/h31,34-39,42-44H,3,5,7,9,11,13,15-16,18,20,22,24,26,28-30H2,1-2H3,(H,51,52)(H2,45,46,47)(H2,48,49,50);1H3;11*1H/t31-,34+,35?,36?,37?,38-,39+;;;;;;;;;;;;/m1............/s1. The van der Waals surface area contributed by atoms with Crippen molar-refractivity contribution in [3.8, 4) is 71.0 Å². The van der Waals surface area contributed by atoms with Gasteiger partial charge in [0.25, 0.3) is 0 Å². The highest BCUT2D eigenvalue weighted by Crippen LogP contribution is 2.51. The Labute approximate surface area is 378 Å². The van der Waals surface area contributed by atoms with Gasteiger partial charge in [0.05, 0.1) is 6.61 Å². The molecular weight excluding hydrogens is 879 g/mol. The molecule has 0 saturated heterocycles. The summed E-state index contributed by atoms with van der Waals surface area (Å²) in [5.41, 5.74) is 0. The van der Waals surface area contributed by atoms with Crippen molar-refractivity contribution >= 4 is 35.4 Å². The summed E-state index contributed by atoms with van der Waals surface area (Å²) in [5, 5.41) is 31.7. The molecule has 8 atom stereocenters. The number of esters is 2. The Morgan fingerprint density at radius 2 is 1.00 bits per heavy atom. The molecule has 1 fully saturated rings. The van der Waals surface area contributed by atoms with Crippen molar-refractivity contribution in [3.63, 3.8) is 0 Å². The first-order chi connectivity index (χ1) is 28.8. The van der Waals surface area contributed by atoms with Crippen LogP contribution in [0.15, 0.2) is 0 Å². The maximum absolute atomic E-state index is 13.0. The summed E-state index contributed by atoms with van der Waals surface area (Å²) < 4.78 is 64.5. The van der Waals surface area contributed by atoms with Crippen LogP contribution in [-0.2, 0) is 50.9 Å². The zero-order chi connectivity index (χ0) is 45.7. The quantitative estimate of drug-likeness (QED) is 0.0173. The molecule has 0 heterocycles. The fourth-order valence-corrected chi connectivity index (χ4v) is 7.56. The van der Waals surface area contributed by atoms with Crippen LogP contribution in [0.2, 0.25) is 0 Å². The average Bonchev–Trinajstić information content (AvgIpc) is 3.18. The fourth-order valence-electron chi connectivity index (χ4n) is 5.46. The lowest BCUT2D eigenvalue weighted by atomic mass is 9.85. The third-order valence-electron chi connectivity index (χ3n) is 8.25. The molecule has 1 aliphatic carbocycles. The Balaban J connectivity index is -0.000000310. The molecule has 0 aromatic carbocycles. The SMILES string of the molecule is CC#CC#CC#CC#CC#CC#CC(=O)OC[C@H](COP(=O)(O)OC1C(O)[C@H](OP(=O)(O)O)[C@H](OP(=O)(O)O)C(O)[C@@H]1O)OC(=O)CCCCCCCCCCCCCCC.N.[HH].[HH].[HH].[HH].[HH].[HH].[HH].[HH].[HH].[HH].[HH]. The Bertz CT molecular complexity index is 1980. The summed E-state index contributed by atoms with van der Waals surface area (Å²) in [7, 11) is -16.7. The summed E-state index contributed by atoms with van der Waals surface area (Å²) in [6.07, 6.45) is -2.99. The van der Waals surface area contributed by atoms with E-state index in [0.717, 1.165) is 25.7 Å². The highest BCUT2D eigenvalue weighted by atomic mass is 31.2. The van der Waals surface area contributed by atoms with Gasteiger partial charge in [-0.2, -0.15) is 0 Å². The minimum absolute atomic E-state index is 0. The Morgan fingerprint density at radius 1 is 0.581 bits per heavy atom. The molecule has 0 aromatic rings. The molecule has 0 aliphatic heterocycles. The molecule has 23 heteroatoms. The van der Waals surface area contributed by atoms with Gasteiger partial charge in [0.2, 0.25) is 0 Å². The van der Waals surface area contributed by atoms with E-state index >= 15 is 0 Å². The first-order valence-corrected chi connectivity index (χ1v) is 23.8. The molecule has 1 aliphatic rings. The first kappa shape index (κ1) is 58.5. The van der Waals surface area contributed by atoms with Gasteiger partial charge >= 0.3 is 35.4 Å². The second-order valence-electron chi connectivity index (χ2n) is 13.3. The highest BCUT2D eigenvalue weighted by molar-refractivity contribution is 7.47. The number of phosphoric acid groups is 3. The number of unbranched alkanes of at least 4 members (excludes halogenated alkanes) is 12. The highest BCUT2D eigenvalue weighted by Gasteiger charge is 2.56. The summed E-state index contributed by atoms with van der Waals surface area (Å²) in [6, 6.07) is 0. The monoisotopic (exact) mass is 957 g/mol. The lowest BCUT2D eigenvalue weighted by Gasteiger charge is -2.44. The van der Waals surface area contributed by atoms with Gasteiger partial charge in [-0.1, -0.05) is 89.9 Å². The molecule has 0 amide bonds. The van der Waals surface area contributed by atoms with Crippen molar-refractivity contribution in [1.29, 1.82) is 0 Å². The van der Waals surface area contributed by atoms with Crippen LogP contribution >= 0.6 is 23.5 Å². The Hall–Kier alpha value is -3.53. The van der Waals surface area contributed by atoms with Crippen LogP contribution in [0.4, 0.5) is 0 Å². The maximum Gasteiger partial charge on any atom is 0.472 e. The second kappa shape index (κ2) is 32.2. The topological polar surface area (TPSA) is 338 Å². The predicted molar refractivity (Wildman–Crippen MR) is 244 cm³/mol. The predicted octanol–water partition coefficient (Wildman–Crippen LogP) is 5.39. The van der Waals surface area contributed by atoms with E-state index < -0.39 is 91.3 Å². The smallest absolute Gasteiger partial charge is 0.456 e. The van der Waals surface area contributed by atoms with Gasteiger partial charge in [-0.15, -0.1) is 0 Å². The average molecular weight is 958 g/mol. The third kappa shape index (κ3) is 28.2. The van der Waals surface area contributed by atoms with Gasteiger partial charge in [0.1, 0.15) is 43.2 Å². The third-order valence-corrected chi connectivity index (χ3v) is 10.3. The van der Waals surface area contributed by atoms with E-state index in [2.05, 4.69) is 81.1 Å². The van der Waals surface area contributed by atoms with Gasteiger partial charge in [-0.3, -0.25) is 22.9 Å². The fraction of sp³-hybridized carbons (Fsp3) is 0.641. The molecule has 1 rings (SSSR count). The molecule has 11 N–H and O–H groups in total.